The maximum absolute atomic E-state index is 12.4. The molecule has 0 saturated carbocycles. The van der Waals surface area contributed by atoms with Crippen molar-refractivity contribution in [2.45, 2.75) is 26.8 Å². The van der Waals surface area contributed by atoms with Gasteiger partial charge in [0.25, 0.3) is 0 Å². The SMILES string of the molecule is CCCN(Cc1ccccc1)C(=O)Nc1cc(C)nn1C. The first-order chi connectivity index (χ1) is 10.1. The molecule has 112 valence electrons. The summed E-state index contributed by atoms with van der Waals surface area (Å²) in [5.41, 5.74) is 2.01. The van der Waals surface area contributed by atoms with Gasteiger partial charge in [-0.2, -0.15) is 5.10 Å². The van der Waals surface area contributed by atoms with Crippen molar-refractivity contribution in [1.82, 2.24) is 14.7 Å². The molecule has 1 aromatic heterocycles. The van der Waals surface area contributed by atoms with E-state index in [2.05, 4.69) is 17.3 Å². The average molecular weight is 286 g/mol. The number of nitrogens with zero attached hydrogens (tertiary/aromatic N) is 3. The highest BCUT2D eigenvalue weighted by molar-refractivity contribution is 5.88. The summed E-state index contributed by atoms with van der Waals surface area (Å²) in [5.74, 6) is 0.715. The van der Waals surface area contributed by atoms with Crippen molar-refractivity contribution in [3.05, 3.63) is 47.7 Å². The Kier molecular flexibility index (Phi) is 4.98. The number of aryl methyl sites for hydroxylation is 2. The van der Waals surface area contributed by atoms with E-state index < -0.39 is 0 Å². The Morgan fingerprint density at radius 3 is 2.62 bits per heavy atom. The fourth-order valence-corrected chi connectivity index (χ4v) is 2.24. The number of amides is 2. The second-order valence-corrected chi connectivity index (χ2v) is 5.13. The Morgan fingerprint density at radius 2 is 2.05 bits per heavy atom. The van der Waals surface area contributed by atoms with Crippen LogP contribution in [0, 0.1) is 6.92 Å². The number of urea groups is 1. The lowest BCUT2D eigenvalue weighted by atomic mass is 10.2. The lowest BCUT2D eigenvalue weighted by Crippen LogP contribution is -2.35. The van der Waals surface area contributed by atoms with Gasteiger partial charge in [0.2, 0.25) is 0 Å². The summed E-state index contributed by atoms with van der Waals surface area (Å²) in [6.07, 6.45) is 0.921. The van der Waals surface area contributed by atoms with E-state index in [-0.39, 0.29) is 6.03 Å². The molecule has 1 N–H and O–H groups in total. The van der Waals surface area contributed by atoms with Gasteiger partial charge in [-0.1, -0.05) is 37.3 Å². The van der Waals surface area contributed by atoms with Crippen molar-refractivity contribution in [3.63, 3.8) is 0 Å². The lowest BCUT2D eigenvalue weighted by molar-refractivity contribution is 0.209. The number of aromatic nitrogens is 2. The molecule has 0 radical (unpaired) electrons. The fourth-order valence-electron chi connectivity index (χ4n) is 2.24. The van der Waals surface area contributed by atoms with Crippen molar-refractivity contribution in [2.75, 3.05) is 11.9 Å². The molecule has 0 aliphatic carbocycles. The molecule has 0 bridgehead atoms. The van der Waals surface area contributed by atoms with Crippen molar-refractivity contribution in [2.24, 2.45) is 7.05 Å². The maximum atomic E-state index is 12.4. The van der Waals surface area contributed by atoms with Crippen LogP contribution in [0.3, 0.4) is 0 Å². The third-order valence-corrected chi connectivity index (χ3v) is 3.23. The molecule has 5 nitrogen and oxygen atoms in total. The molecule has 0 unspecified atom stereocenters. The molecule has 0 aliphatic rings. The number of hydrogen-bond acceptors (Lipinski definition) is 2. The van der Waals surface area contributed by atoms with Gasteiger partial charge in [-0.3, -0.25) is 10.00 Å². The van der Waals surface area contributed by atoms with Gasteiger partial charge < -0.3 is 4.90 Å². The Labute approximate surface area is 125 Å². The van der Waals surface area contributed by atoms with Gasteiger partial charge in [0.05, 0.1) is 5.69 Å². The van der Waals surface area contributed by atoms with Crippen molar-refractivity contribution >= 4 is 11.8 Å². The number of hydrogen-bond donors (Lipinski definition) is 1. The van der Waals surface area contributed by atoms with Crippen LogP contribution >= 0.6 is 0 Å². The third kappa shape index (κ3) is 4.08. The van der Waals surface area contributed by atoms with Crippen LogP contribution in [-0.4, -0.2) is 27.3 Å². The number of anilines is 1. The van der Waals surface area contributed by atoms with E-state index in [0.29, 0.717) is 12.4 Å². The molecule has 1 aromatic carbocycles. The molecule has 0 fully saturated rings. The summed E-state index contributed by atoms with van der Waals surface area (Å²) >= 11 is 0. The molecular weight excluding hydrogens is 264 g/mol. The molecular formula is C16H22N4O. The van der Waals surface area contributed by atoms with Crippen LogP contribution in [0.15, 0.2) is 36.4 Å². The third-order valence-electron chi connectivity index (χ3n) is 3.23. The number of rotatable bonds is 5. The highest BCUT2D eigenvalue weighted by Gasteiger charge is 2.15. The predicted octanol–water partition coefficient (Wildman–Crippen LogP) is 3.17. The van der Waals surface area contributed by atoms with Crippen LogP contribution in [0.25, 0.3) is 0 Å². The summed E-state index contributed by atoms with van der Waals surface area (Å²) in [6, 6.07) is 11.8. The average Bonchev–Trinajstić information content (AvgIpc) is 2.77. The highest BCUT2D eigenvalue weighted by Crippen LogP contribution is 2.11. The zero-order valence-corrected chi connectivity index (χ0v) is 12.8. The normalized spacial score (nSPS) is 10.4. The molecule has 0 spiro atoms. The smallest absolute Gasteiger partial charge is 0.320 e. The first-order valence-electron chi connectivity index (χ1n) is 7.20. The van der Waals surface area contributed by atoms with Crippen molar-refractivity contribution in [3.8, 4) is 0 Å². The second-order valence-electron chi connectivity index (χ2n) is 5.13. The second kappa shape index (κ2) is 6.92. The van der Waals surface area contributed by atoms with Gasteiger partial charge in [-0.15, -0.1) is 0 Å². The topological polar surface area (TPSA) is 50.2 Å². The first kappa shape index (κ1) is 15.1. The quantitative estimate of drug-likeness (QED) is 0.917. The number of carbonyl (C=O) groups is 1. The van der Waals surface area contributed by atoms with E-state index in [0.717, 1.165) is 24.2 Å². The van der Waals surface area contributed by atoms with Gasteiger partial charge in [0.15, 0.2) is 0 Å². The van der Waals surface area contributed by atoms with Gasteiger partial charge in [0.1, 0.15) is 5.82 Å². The number of nitrogens with one attached hydrogen (secondary N) is 1. The summed E-state index contributed by atoms with van der Waals surface area (Å²) in [5, 5.41) is 7.16. The zero-order chi connectivity index (χ0) is 15.2. The largest absolute Gasteiger partial charge is 0.323 e. The summed E-state index contributed by atoms with van der Waals surface area (Å²) in [6.45, 7) is 5.30. The predicted molar refractivity (Wildman–Crippen MR) is 84.1 cm³/mol. The van der Waals surface area contributed by atoms with Gasteiger partial charge in [-0.05, 0) is 18.9 Å². The van der Waals surface area contributed by atoms with Crippen LogP contribution < -0.4 is 5.32 Å². The van der Waals surface area contributed by atoms with Gasteiger partial charge in [0, 0.05) is 26.2 Å². The molecule has 0 saturated heterocycles. The molecule has 0 atom stereocenters. The monoisotopic (exact) mass is 286 g/mol. The van der Waals surface area contributed by atoms with Crippen LogP contribution in [-0.2, 0) is 13.6 Å². The van der Waals surface area contributed by atoms with E-state index in [1.165, 1.54) is 0 Å². The Morgan fingerprint density at radius 1 is 1.33 bits per heavy atom. The van der Waals surface area contributed by atoms with Gasteiger partial charge in [-0.25, -0.2) is 4.79 Å². The van der Waals surface area contributed by atoms with Crippen LogP contribution in [0.2, 0.25) is 0 Å². The Bertz CT molecular complexity index is 592. The maximum Gasteiger partial charge on any atom is 0.323 e. The molecule has 21 heavy (non-hydrogen) atoms. The van der Waals surface area contributed by atoms with E-state index in [1.54, 1.807) is 4.68 Å². The van der Waals surface area contributed by atoms with Gasteiger partial charge >= 0.3 is 6.03 Å². The standard InChI is InChI=1S/C16H22N4O/c1-4-10-20(12-14-8-6-5-7-9-14)16(21)17-15-11-13(2)18-19(15)3/h5-9,11H,4,10,12H2,1-3H3,(H,17,21). The molecule has 0 aliphatic heterocycles. The fraction of sp³-hybridized carbons (Fsp3) is 0.375. The minimum atomic E-state index is -0.0938. The molecule has 2 amide bonds. The highest BCUT2D eigenvalue weighted by atomic mass is 16.2. The number of carbonyl (C=O) groups excluding carboxylic acids is 1. The van der Waals surface area contributed by atoms with Crippen LogP contribution in [0.5, 0.6) is 0 Å². The molecule has 2 rings (SSSR count). The lowest BCUT2D eigenvalue weighted by Gasteiger charge is -2.22. The minimum Gasteiger partial charge on any atom is -0.320 e. The molecule has 1 heterocycles. The summed E-state index contributed by atoms with van der Waals surface area (Å²) < 4.78 is 1.68. The van der Waals surface area contributed by atoms with E-state index >= 15 is 0 Å². The van der Waals surface area contributed by atoms with E-state index in [4.69, 9.17) is 0 Å². The molecule has 5 heteroatoms. The van der Waals surface area contributed by atoms with Crippen molar-refractivity contribution in [1.29, 1.82) is 0 Å². The van der Waals surface area contributed by atoms with Crippen LogP contribution in [0.4, 0.5) is 10.6 Å². The Hall–Kier alpha value is -2.30. The van der Waals surface area contributed by atoms with Crippen molar-refractivity contribution < 1.29 is 4.79 Å². The number of benzene rings is 1. The van der Waals surface area contributed by atoms with E-state index in [9.17, 15) is 4.79 Å². The first-order valence-corrected chi connectivity index (χ1v) is 7.20. The van der Waals surface area contributed by atoms with E-state index in [1.807, 2.05) is 55.3 Å². The Balaban J connectivity index is 2.07. The summed E-state index contributed by atoms with van der Waals surface area (Å²) in [4.78, 5) is 14.3. The summed E-state index contributed by atoms with van der Waals surface area (Å²) in [7, 11) is 1.82. The zero-order valence-electron chi connectivity index (χ0n) is 12.8. The van der Waals surface area contributed by atoms with Crippen LogP contribution in [0.1, 0.15) is 24.6 Å². The molecule has 2 aromatic rings. The minimum absolute atomic E-state index is 0.0938.